The van der Waals surface area contributed by atoms with E-state index in [1.807, 2.05) is 6.07 Å². The molecule has 3 rings (SSSR count). The van der Waals surface area contributed by atoms with Crippen LogP contribution in [0.15, 0.2) is 23.2 Å². The molecule has 0 saturated heterocycles. The summed E-state index contributed by atoms with van der Waals surface area (Å²) in [5.41, 5.74) is 8.62. The second kappa shape index (κ2) is 8.55. The van der Waals surface area contributed by atoms with E-state index in [0.717, 1.165) is 5.56 Å². The van der Waals surface area contributed by atoms with E-state index in [0.29, 0.717) is 40.9 Å². The predicted molar refractivity (Wildman–Crippen MR) is 110 cm³/mol. The molecule has 0 fully saturated rings. The molecule has 0 atom stereocenters. The first-order valence-electron chi connectivity index (χ1n) is 8.87. The van der Waals surface area contributed by atoms with Gasteiger partial charge in [-0.15, -0.1) is 0 Å². The van der Waals surface area contributed by atoms with Gasteiger partial charge in [0.15, 0.2) is 17.3 Å². The van der Waals surface area contributed by atoms with Crippen molar-refractivity contribution < 1.29 is 23.7 Å². The zero-order valence-electron chi connectivity index (χ0n) is 16.7. The summed E-state index contributed by atoms with van der Waals surface area (Å²) in [7, 11) is 4.65. The fraction of sp³-hybridized carbons (Fsp3) is 0.316. The van der Waals surface area contributed by atoms with E-state index in [1.165, 1.54) is 0 Å². The van der Waals surface area contributed by atoms with Crippen LogP contribution in [0.25, 0.3) is 0 Å². The highest BCUT2D eigenvalue weighted by Gasteiger charge is 2.23. The Balaban J connectivity index is 2.00. The van der Waals surface area contributed by atoms with Crippen molar-refractivity contribution in [3.63, 3.8) is 0 Å². The summed E-state index contributed by atoms with van der Waals surface area (Å²) in [6.07, 6.45) is -0.602. The van der Waals surface area contributed by atoms with Crippen LogP contribution in [0, 0.1) is 0 Å². The summed E-state index contributed by atoms with van der Waals surface area (Å²) in [5.74, 6) is 1.96. The summed E-state index contributed by atoms with van der Waals surface area (Å²) in [5, 5.41) is 5.78. The largest absolute Gasteiger partial charge is 0.493 e. The Labute approximate surface area is 168 Å². The third-order valence-electron chi connectivity index (χ3n) is 4.23. The maximum atomic E-state index is 11.6. The average Bonchev–Trinajstić information content (AvgIpc) is 2.72. The fourth-order valence-electron chi connectivity index (χ4n) is 2.98. The summed E-state index contributed by atoms with van der Waals surface area (Å²) >= 11 is 0. The highest BCUT2D eigenvalue weighted by molar-refractivity contribution is 6.10. The molecule has 0 unspecified atom stereocenters. The van der Waals surface area contributed by atoms with Gasteiger partial charge < -0.3 is 30.0 Å². The number of carbonyl (C=O) groups is 1. The highest BCUT2D eigenvalue weighted by Crippen LogP contribution is 2.42. The lowest BCUT2D eigenvalue weighted by Gasteiger charge is -2.22. The minimum absolute atomic E-state index is 0.165. The van der Waals surface area contributed by atoms with Gasteiger partial charge in [0.2, 0.25) is 5.75 Å². The zero-order valence-corrected chi connectivity index (χ0v) is 16.7. The molecule has 10 nitrogen and oxygen atoms in total. The van der Waals surface area contributed by atoms with Crippen molar-refractivity contribution in [3.05, 3.63) is 23.8 Å². The van der Waals surface area contributed by atoms with Crippen LogP contribution >= 0.6 is 0 Å². The molecule has 0 bridgehead atoms. The lowest BCUT2D eigenvalue weighted by molar-refractivity contribution is 0.168. The number of fused-ring (bicyclic) bond motifs is 1. The Morgan fingerprint density at radius 1 is 1.21 bits per heavy atom. The average molecular weight is 401 g/mol. The number of hydrogen-bond acceptors (Lipinski definition) is 9. The molecular weight excluding hydrogens is 378 g/mol. The van der Waals surface area contributed by atoms with Gasteiger partial charge >= 0.3 is 6.09 Å². The van der Waals surface area contributed by atoms with E-state index in [9.17, 15) is 4.79 Å². The normalized spacial score (nSPS) is 12.2. The third-order valence-corrected chi connectivity index (χ3v) is 4.23. The Bertz CT molecular complexity index is 960. The molecule has 4 N–H and O–H groups in total. The Hall–Kier alpha value is -3.69. The van der Waals surface area contributed by atoms with Crippen LogP contribution < -0.4 is 30.6 Å². The molecule has 154 valence electrons. The maximum Gasteiger partial charge on any atom is 0.412 e. The highest BCUT2D eigenvalue weighted by atomic mass is 16.5. The monoisotopic (exact) mass is 401 g/mol. The molecule has 1 aliphatic rings. The molecule has 29 heavy (non-hydrogen) atoms. The number of rotatable bonds is 6. The van der Waals surface area contributed by atoms with Crippen LogP contribution in [0.2, 0.25) is 0 Å². The van der Waals surface area contributed by atoms with E-state index in [2.05, 4.69) is 20.6 Å². The van der Waals surface area contributed by atoms with Gasteiger partial charge in [0.1, 0.15) is 11.5 Å². The third kappa shape index (κ3) is 3.96. The van der Waals surface area contributed by atoms with Gasteiger partial charge in [0.25, 0.3) is 0 Å². The van der Waals surface area contributed by atoms with Crippen molar-refractivity contribution in [3.8, 4) is 17.2 Å². The number of pyridine rings is 1. The molecule has 10 heteroatoms. The number of methoxy groups -OCH3 is 3. The molecule has 1 aromatic carbocycles. The Morgan fingerprint density at radius 3 is 2.62 bits per heavy atom. The summed E-state index contributed by atoms with van der Waals surface area (Å²) in [6.45, 7) is 2.38. The van der Waals surface area contributed by atoms with Crippen molar-refractivity contribution in [1.29, 1.82) is 0 Å². The van der Waals surface area contributed by atoms with Gasteiger partial charge in [0, 0.05) is 11.6 Å². The SMILES string of the molecule is CCOC(=O)Nc1cc2c(c(N)n1)N=C(c1ccc(OC)c(OC)c1OC)CN2. The smallest absolute Gasteiger partial charge is 0.412 e. The number of aliphatic imine (C=N–C) groups is 1. The molecule has 0 spiro atoms. The van der Waals surface area contributed by atoms with Crippen LogP contribution in [-0.2, 0) is 4.74 Å². The van der Waals surface area contributed by atoms with Gasteiger partial charge in [0.05, 0.1) is 45.9 Å². The lowest BCUT2D eigenvalue weighted by Crippen LogP contribution is -2.21. The number of anilines is 3. The number of amides is 1. The van der Waals surface area contributed by atoms with Gasteiger partial charge in [-0.05, 0) is 19.1 Å². The number of nitrogens with two attached hydrogens (primary N) is 1. The number of nitrogens with zero attached hydrogens (tertiary/aromatic N) is 2. The number of nitrogen functional groups attached to an aromatic ring is 1. The van der Waals surface area contributed by atoms with E-state index in [1.54, 1.807) is 40.4 Å². The van der Waals surface area contributed by atoms with Crippen LogP contribution in [0.4, 0.5) is 27.8 Å². The standard InChI is InChI=1S/C19H23N5O5/c1-5-29-19(25)24-14-8-11-15(18(20)23-14)22-12(9-21-11)10-6-7-13(26-2)17(28-4)16(10)27-3/h6-8,21H,5,9H2,1-4H3,(H3,20,23,24,25). The van der Waals surface area contributed by atoms with E-state index >= 15 is 0 Å². The van der Waals surface area contributed by atoms with E-state index in [-0.39, 0.29) is 18.2 Å². The summed E-state index contributed by atoms with van der Waals surface area (Å²) in [6, 6.07) is 5.27. The van der Waals surface area contributed by atoms with Crippen molar-refractivity contribution in [2.24, 2.45) is 4.99 Å². The van der Waals surface area contributed by atoms with Gasteiger partial charge in [-0.25, -0.2) is 14.8 Å². The minimum atomic E-state index is -0.602. The topological polar surface area (TPSA) is 129 Å². The maximum absolute atomic E-state index is 11.6. The van der Waals surface area contributed by atoms with Crippen LogP contribution in [-0.4, -0.2) is 51.3 Å². The molecule has 1 aromatic heterocycles. The molecule has 0 saturated carbocycles. The Morgan fingerprint density at radius 2 is 1.97 bits per heavy atom. The van der Waals surface area contributed by atoms with E-state index in [4.69, 9.17) is 24.7 Å². The van der Waals surface area contributed by atoms with Crippen molar-refractivity contribution in [2.75, 3.05) is 50.8 Å². The zero-order chi connectivity index (χ0) is 21.0. The number of carbonyl (C=O) groups excluding carboxylic acids is 1. The molecule has 1 aliphatic heterocycles. The van der Waals surface area contributed by atoms with Gasteiger partial charge in [-0.1, -0.05) is 0 Å². The molecular formula is C19H23N5O5. The lowest BCUT2D eigenvalue weighted by atomic mass is 10.1. The first kappa shape index (κ1) is 20.1. The number of nitrogens with one attached hydrogen (secondary N) is 2. The number of aromatic nitrogens is 1. The quantitative estimate of drug-likeness (QED) is 0.674. The summed E-state index contributed by atoms with van der Waals surface area (Å²) in [4.78, 5) is 20.5. The van der Waals surface area contributed by atoms with E-state index < -0.39 is 6.09 Å². The van der Waals surface area contributed by atoms with Gasteiger partial charge in [-0.2, -0.15) is 0 Å². The van der Waals surface area contributed by atoms with Crippen LogP contribution in [0.3, 0.4) is 0 Å². The fourth-order valence-corrected chi connectivity index (χ4v) is 2.98. The first-order chi connectivity index (χ1) is 14.0. The molecule has 0 radical (unpaired) electrons. The number of benzene rings is 1. The van der Waals surface area contributed by atoms with Crippen LogP contribution in [0.1, 0.15) is 12.5 Å². The molecule has 2 heterocycles. The molecule has 0 aliphatic carbocycles. The number of hydrogen-bond donors (Lipinski definition) is 3. The molecule has 1 amide bonds. The number of ether oxygens (including phenoxy) is 4. The first-order valence-corrected chi connectivity index (χ1v) is 8.87. The second-order valence-corrected chi connectivity index (χ2v) is 5.93. The predicted octanol–water partition coefficient (Wildman–Crippen LogP) is 2.80. The Kier molecular flexibility index (Phi) is 5.91. The van der Waals surface area contributed by atoms with Gasteiger partial charge in [-0.3, -0.25) is 5.32 Å². The van der Waals surface area contributed by atoms with Crippen molar-refractivity contribution in [1.82, 2.24) is 4.98 Å². The second-order valence-electron chi connectivity index (χ2n) is 5.93. The minimum Gasteiger partial charge on any atom is -0.493 e. The summed E-state index contributed by atoms with van der Waals surface area (Å²) < 4.78 is 21.2. The van der Waals surface area contributed by atoms with Crippen molar-refractivity contribution >= 4 is 34.8 Å². The van der Waals surface area contributed by atoms with Crippen LogP contribution in [0.5, 0.6) is 17.2 Å². The van der Waals surface area contributed by atoms with Crippen molar-refractivity contribution in [2.45, 2.75) is 6.92 Å². The molecule has 2 aromatic rings.